The molecule has 0 aromatic heterocycles. The van der Waals surface area contributed by atoms with Gasteiger partial charge in [-0.15, -0.1) is 0 Å². The number of ether oxygens (including phenoxy) is 3. The van der Waals surface area contributed by atoms with Crippen LogP contribution in [-0.2, 0) is 16.1 Å². The van der Waals surface area contributed by atoms with Crippen molar-refractivity contribution in [3.63, 3.8) is 0 Å². The number of rotatable bonds is 5. The molecule has 76 valence electrons. The normalized spacial score (nSPS) is 9.29. The van der Waals surface area contributed by atoms with Gasteiger partial charge in [-0.25, -0.2) is 0 Å². The Balaban J connectivity index is 2.99. The first-order valence-corrected chi connectivity index (χ1v) is 4.08. The van der Waals surface area contributed by atoms with Crippen LogP contribution in [0, 0.1) is 0 Å². The summed E-state index contributed by atoms with van der Waals surface area (Å²) in [4.78, 5) is 10.1. The van der Waals surface area contributed by atoms with Crippen LogP contribution in [0.4, 0.5) is 0 Å². The lowest BCUT2D eigenvalue weighted by Crippen LogP contribution is -1.98. The monoisotopic (exact) mass is 196 g/mol. The molecule has 0 fully saturated rings. The zero-order valence-corrected chi connectivity index (χ0v) is 8.15. The number of carbonyl (C=O) groups is 1. The minimum atomic E-state index is 0.149. The Labute approximate surface area is 82.4 Å². The quantitative estimate of drug-likeness (QED) is 0.667. The topological polar surface area (TPSA) is 44.8 Å². The van der Waals surface area contributed by atoms with Crippen molar-refractivity contribution in [2.24, 2.45) is 0 Å². The SMILES string of the molecule is COc1cccc(OC)c1COC=O. The predicted molar refractivity (Wildman–Crippen MR) is 50.4 cm³/mol. The Bertz CT molecular complexity index is 287. The predicted octanol–water partition coefficient (Wildman–Crippen LogP) is 1.38. The maximum Gasteiger partial charge on any atom is 0.293 e. The van der Waals surface area contributed by atoms with E-state index in [1.807, 2.05) is 6.07 Å². The van der Waals surface area contributed by atoms with E-state index < -0.39 is 0 Å². The van der Waals surface area contributed by atoms with Gasteiger partial charge in [0, 0.05) is 0 Å². The molecule has 4 nitrogen and oxygen atoms in total. The van der Waals surface area contributed by atoms with Crippen molar-refractivity contribution in [2.75, 3.05) is 14.2 Å². The van der Waals surface area contributed by atoms with E-state index in [4.69, 9.17) is 9.47 Å². The molecule has 0 bridgehead atoms. The molecule has 4 heteroatoms. The summed E-state index contributed by atoms with van der Waals surface area (Å²) in [7, 11) is 3.11. The third-order valence-electron chi connectivity index (χ3n) is 1.83. The van der Waals surface area contributed by atoms with Crippen LogP contribution in [-0.4, -0.2) is 20.7 Å². The highest BCUT2D eigenvalue weighted by Gasteiger charge is 2.09. The second kappa shape index (κ2) is 5.11. The van der Waals surface area contributed by atoms with Crippen LogP contribution in [0.5, 0.6) is 11.5 Å². The van der Waals surface area contributed by atoms with E-state index in [-0.39, 0.29) is 6.61 Å². The molecule has 0 radical (unpaired) electrons. The summed E-state index contributed by atoms with van der Waals surface area (Å²) in [6, 6.07) is 5.38. The van der Waals surface area contributed by atoms with E-state index in [2.05, 4.69) is 4.74 Å². The molecule has 0 heterocycles. The molecule has 0 atom stereocenters. The fourth-order valence-corrected chi connectivity index (χ4v) is 1.19. The van der Waals surface area contributed by atoms with E-state index >= 15 is 0 Å². The lowest BCUT2D eigenvalue weighted by Gasteiger charge is -2.11. The Hall–Kier alpha value is -1.71. The standard InChI is InChI=1S/C10H12O4/c1-12-9-4-3-5-10(13-2)8(9)6-14-7-11/h3-5,7H,6H2,1-2H3. The molecule has 0 aliphatic rings. The Kier molecular flexibility index (Phi) is 3.79. The van der Waals surface area contributed by atoms with Gasteiger partial charge in [-0.3, -0.25) is 4.79 Å². The zero-order valence-electron chi connectivity index (χ0n) is 8.15. The second-order valence-corrected chi connectivity index (χ2v) is 2.55. The van der Waals surface area contributed by atoms with E-state index in [0.717, 1.165) is 5.56 Å². The van der Waals surface area contributed by atoms with Crippen LogP contribution in [0.3, 0.4) is 0 Å². The molecular formula is C10H12O4. The van der Waals surface area contributed by atoms with Gasteiger partial charge >= 0.3 is 0 Å². The molecular weight excluding hydrogens is 184 g/mol. The van der Waals surface area contributed by atoms with Gasteiger partial charge in [-0.2, -0.15) is 0 Å². The van der Waals surface area contributed by atoms with Crippen LogP contribution < -0.4 is 9.47 Å². The molecule has 0 unspecified atom stereocenters. The molecule has 0 spiro atoms. The molecule has 0 aliphatic carbocycles. The summed E-state index contributed by atoms with van der Waals surface area (Å²) < 4.78 is 14.9. The van der Waals surface area contributed by atoms with E-state index in [1.54, 1.807) is 26.4 Å². The molecule has 0 saturated heterocycles. The van der Waals surface area contributed by atoms with Crippen molar-refractivity contribution in [1.82, 2.24) is 0 Å². The zero-order chi connectivity index (χ0) is 10.4. The van der Waals surface area contributed by atoms with E-state index in [1.165, 1.54) is 0 Å². The Morgan fingerprint density at radius 2 is 1.79 bits per heavy atom. The first-order chi connectivity index (χ1) is 6.83. The van der Waals surface area contributed by atoms with Gasteiger partial charge < -0.3 is 14.2 Å². The molecule has 1 aromatic carbocycles. The number of carbonyl (C=O) groups excluding carboxylic acids is 1. The van der Waals surface area contributed by atoms with Gasteiger partial charge in [0.25, 0.3) is 6.47 Å². The molecule has 0 saturated carbocycles. The first kappa shape index (κ1) is 10.4. The summed E-state index contributed by atoms with van der Waals surface area (Å²) in [5.41, 5.74) is 0.726. The first-order valence-electron chi connectivity index (χ1n) is 4.08. The van der Waals surface area contributed by atoms with Crippen LogP contribution in [0.1, 0.15) is 5.56 Å². The van der Waals surface area contributed by atoms with Gasteiger partial charge in [0.1, 0.15) is 18.1 Å². The second-order valence-electron chi connectivity index (χ2n) is 2.55. The molecule has 1 aromatic rings. The number of methoxy groups -OCH3 is 2. The summed E-state index contributed by atoms with van der Waals surface area (Å²) >= 11 is 0. The van der Waals surface area contributed by atoms with Gasteiger partial charge in [-0.1, -0.05) is 6.07 Å². The highest BCUT2D eigenvalue weighted by molar-refractivity contribution is 5.46. The van der Waals surface area contributed by atoms with Gasteiger partial charge in [-0.05, 0) is 12.1 Å². The van der Waals surface area contributed by atoms with Gasteiger partial charge in [0.2, 0.25) is 0 Å². The average molecular weight is 196 g/mol. The van der Waals surface area contributed by atoms with Crippen molar-refractivity contribution >= 4 is 6.47 Å². The molecule has 0 aliphatic heterocycles. The highest BCUT2D eigenvalue weighted by Crippen LogP contribution is 2.28. The van der Waals surface area contributed by atoms with E-state index in [9.17, 15) is 4.79 Å². The summed E-state index contributed by atoms with van der Waals surface area (Å²) in [6.07, 6.45) is 0. The third kappa shape index (κ3) is 2.16. The lowest BCUT2D eigenvalue weighted by atomic mass is 10.2. The van der Waals surface area contributed by atoms with Crippen molar-refractivity contribution < 1.29 is 19.0 Å². The maximum absolute atomic E-state index is 10.1. The van der Waals surface area contributed by atoms with Crippen LogP contribution >= 0.6 is 0 Å². The van der Waals surface area contributed by atoms with Crippen LogP contribution in [0.15, 0.2) is 18.2 Å². The Morgan fingerprint density at radius 1 is 1.21 bits per heavy atom. The largest absolute Gasteiger partial charge is 0.496 e. The smallest absolute Gasteiger partial charge is 0.293 e. The summed E-state index contributed by atoms with van der Waals surface area (Å²) in [6.45, 7) is 0.544. The molecule has 14 heavy (non-hydrogen) atoms. The highest BCUT2D eigenvalue weighted by atomic mass is 16.5. The van der Waals surface area contributed by atoms with Crippen molar-refractivity contribution in [1.29, 1.82) is 0 Å². The van der Waals surface area contributed by atoms with Crippen LogP contribution in [0.2, 0.25) is 0 Å². The van der Waals surface area contributed by atoms with Gasteiger partial charge in [0.05, 0.1) is 19.8 Å². The minimum absolute atomic E-state index is 0.149. The Morgan fingerprint density at radius 3 is 2.21 bits per heavy atom. The molecule has 0 N–H and O–H groups in total. The van der Waals surface area contributed by atoms with Crippen molar-refractivity contribution in [3.8, 4) is 11.5 Å². The van der Waals surface area contributed by atoms with Crippen molar-refractivity contribution in [3.05, 3.63) is 23.8 Å². The molecule has 1 rings (SSSR count). The van der Waals surface area contributed by atoms with Crippen LogP contribution in [0.25, 0.3) is 0 Å². The number of benzene rings is 1. The fourth-order valence-electron chi connectivity index (χ4n) is 1.19. The van der Waals surface area contributed by atoms with Crippen molar-refractivity contribution in [2.45, 2.75) is 6.61 Å². The summed E-state index contributed by atoms with van der Waals surface area (Å²) in [5, 5.41) is 0. The average Bonchev–Trinajstić information content (AvgIpc) is 2.25. The van der Waals surface area contributed by atoms with E-state index in [0.29, 0.717) is 18.0 Å². The number of hydrogen-bond acceptors (Lipinski definition) is 4. The lowest BCUT2D eigenvalue weighted by molar-refractivity contribution is -0.129. The molecule has 0 amide bonds. The minimum Gasteiger partial charge on any atom is -0.496 e. The maximum atomic E-state index is 10.1. The fraction of sp³-hybridized carbons (Fsp3) is 0.300. The number of hydrogen-bond donors (Lipinski definition) is 0. The third-order valence-corrected chi connectivity index (χ3v) is 1.83. The summed E-state index contributed by atoms with van der Waals surface area (Å²) in [5.74, 6) is 1.29. The van der Waals surface area contributed by atoms with Gasteiger partial charge in [0.15, 0.2) is 0 Å².